The first kappa shape index (κ1) is 16.6. The maximum absolute atomic E-state index is 11.7. The third kappa shape index (κ3) is 5.60. The summed E-state index contributed by atoms with van der Waals surface area (Å²) < 4.78 is 0. The fourth-order valence-electron chi connectivity index (χ4n) is 1.67. The Bertz CT molecular complexity index is 537. The van der Waals surface area contributed by atoms with E-state index >= 15 is 0 Å². The Kier molecular flexibility index (Phi) is 5.02. The number of phenols is 2. The van der Waals surface area contributed by atoms with Crippen molar-refractivity contribution >= 4 is 12.0 Å². The summed E-state index contributed by atoms with van der Waals surface area (Å²) >= 11 is 0. The van der Waals surface area contributed by atoms with E-state index < -0.39 is 23.6 Å². The first-order chi connectivity index (χ1) is 9.58. The van der Waals surface area contributed by atoms with Gasteiger partial charge in [0.2, 0.25) is 0 Å². The lowest BCUT2D eigenvalue weighted by Crippen LogP contribution is -2.52. The molecule has 21 heavy (non-hydrogen) atoms. The third-order valence-corrected chi connectivity index (χ3v) is 2.57. The van der Waals surface area contributed by atoms with Crippen molar-refractivity contribution in [2.75, 3.05) is 0 Å². The third-order valence-electron chi connectivity index (χ3n) is 2.57. The second kappa shape index (κ2) is 6.34. The van der Waals surface area contributed by atoms with Crippen LogP contribution in [0.25, 0.3) is 0 Å². The number of rotatable bonds is 4. The van der Waals surface area contributed by atoms with E-state index in [4.69, 9.17) is 5.11 Å². The van der Waals surface area contributed by atoms with Crippen molar-refractivity contribution in [2.45, 2.75) is 38.8 Å². The Hall–Kier alpha value is -2.44. The number of hydrogen-bond donors (Lipinski definition) is 5. The van der Waals surface area contributed by atoms with Gasteiger partial charge in [-0.05, 0) is 38.5 Å². The number of hydrogen-bond acceptors (Lipinski definition) is 4. The highest BCUT2D eigenvalue weighted by Crippen LogP contribution is 2.25. The van der Waals surface area contributed by atoms with Crippen molar-refractivity contribution in [3.05, 3.63) is 23.8 Å². The molecular formula is C14H20N2O5. The molecule has 1 aromatic carbocycles. The van der Waals surface area contributed by atoms with Gasteiger partial charge in [-0.15, -0.1) is 0 Å². The largest absolute Gasteiger partial charge is 0.504 e. The van der Waals surface area contributed by atoms with Crippen LogP contribution in [0.1, 0.15) is 26.3 Å². The molecule has 116 valence electrons. The molecule has 0 aliphatic carbocycles. The highest BCUT2D eigenvalue weighted by Gasteiger charge is 2.23. The van der Waals surface area contributed by atoms with Crippen LogP contribution in [0.3, 0.4) is 0 Å². The van der Waals surface area contributed by atoms with Crippen molar-refractivity contribution in [1.82, 2.24) is 10.6 Å². The summed E-state index contributed by atoms with van der Waals surface area (Å²) in [4.78, 5) is 22.9. The number of phenolic OH excluding ortho intramolecular Hbond substituents is 2. The fourth-order valence-corrected chi connectivity index (χ4v) is 1.67. The zero-order valence-electron chi connectivity index (χ0n) is 12.2. The van der Waals surface area contributed by atoms with E-state index in [9.17, 15) is 19.8 Å². The Morgan fingerprint density at radius 3 is 2.29 bits per heavy atom. The summed E-state index contributed by atoms with van der Waals surface area (Å²) in [6, 6.07) is 2.27. The highest BCUT2D eigenvalue weighted by molar-refractivity contribution is 5.83. The van der Waals surface area contributed by atoms with Gasteiger partial charge in [-0.2, -0.15) is 0 Å². The van der Waals surface area contributed by atoms with Gasteiger partial charge in [-0.1, -0.05) is 6.07 Å². The second-order valence-electron chi connectivity index (χ2n) is 5.77. The molecule has 0 aliphatic rings. The first-order valence-corrected chi connectivity index (χ1v) is 6.41. The van der Waals surface area contributed by atoms with Crippen LogP contribution < -0.4 is 10.6 Å². The van der Waals surface area contributed by atoms with E-state index in [-0.39, 0.29) is 17.9 Å². The molecule has 1 rings (SSSR count). The predicted molar refractivity (Wildman–Crippen MR) is 76.3 cm³/mol. The lowest BCUT2D eigenvalue weighted by Gasteiger charge is -2.23. The quantitative estimate of drug-likeness (QED) is 0.535. The molecule has 0 heterocycles. The molecule has 0 aliphatic heterocycles. The average Bonchev–Trinajstić information content (AvgIpc) is 2.30. The molecule has 0 saturated carbocycles. The van der Waals surface area contributed by atoms with Crippen LogP contribution in [0, 0.1) is 0 Å². The molecule has 7 heteroatoms. The van der Waals surface area contributed by atoms with Gasteiger partial charge in [0.25, 0.3) is 0 Å². The Labute approximate surface area is 122 Å². The van der Waals surface area contributed by atoms with Crippen molar-refractivity contribution in [2.24, 2.45) is 0 Å². The molecule has 0 fully saturated rings. The average molecular weight is 296 g/mol. The molecule has 5 N–H and O–H groups in total. The van der Waals surface area contributed by atoms with Gasteiger partial charge in [0.05, 0.1) is 0 Å². The summed E-state index contributed by atoms with van der Waals surface area (Å²) in [5.41, 5.74) is -0.00187. The minimum Gasteiger partial charge on any atom is -0.504 e. The van der Waals surface area contributed by atoms with E-state index in [0.29, 0.717) is 5.56 Å². The fraction of sp³-hybridized carbons (Fsp3) is 0.429. The number of aromatic hydroxyl groups is 2. The van der Waals surface area contributed by atoms with Crippen LogP contribution in [0.15, 0.2) is 18.2 Å². The van der Waals surface area contributed by atoms with Crippen molar-refractivity contribution in [3.63, 3.8) is 0 Å². The van der Waals surface area contributed by atoms with Gasteiger partial charge in [0.15, 0.2) is 11.5 Å². The molecular weight excluding hydrogens is 276 g/mol. The second-order valence-corrected chi connectivity index (χ2v) is 5.77. The van der Waals surface area contributed by atoms with Gasteiger partial charge < -0.3 is 26.0 Å². The van der Waals surface area contributed by atoms with E-state index in [1.54, 1.807) is 20.8 Å². The topological polar surface area (TPSA) is 119 Å². The van der Waals surface area contributed by atoms with E-state index in [1.165, 1.54) is 18.2 Å². The predicted octanol–water partition coefficient (Wildman–Crippen LogP) is 1.19. The van der Waals surface area contributed by atoms with Crippen molar-refractivity contribution in [3.8, 4) is 11.5 Å². The number of carbonyl (C=O) groups is 2. The molecule has 1 aromatic rings. The maximum Gasteiger partial charge on any atom is 0.326 e. The van der Waals surface area contributed by atoms with Crippen LogP contribution in [-0.2, 0) is 11.2 Å². The summed E-state index contributed by atoms with van der Waals surface area (Å²) in [5.74, 6) is -1.81. The molecule has 2 amide bonds. The Balaban J connectivity index is 2.76. The molecule has 0 radical (unpaired) electrons. The summed E-state index contributed by atoms with van der Waals surface area (Å²) in [6.07, 6.45) is -0.0132. The molecule has 1 unspecified atom stereocenters. The van der Waals surface area contributed by atoms with Gasteiger partial charge >= 0.3 is 12.0 Å². The molecule has 0 spiro atoms. The number of urea groups is 1. The smallest absolute Gasteiger partial charge is 0.326 e. The summed E-state index contributed by atoms with van der Waals surface area (Å²) in [6.45, 7) is 5.33. The number of nitrogens with one attached hydrogen (secondary N) is 2. The first-order valence-electron chi connectivity index (χ1n) is 6.41. The zero-order valence-corrected chi connectivity index (χ0v) is 12.2. The number of amides is 2. The van der Waals surface area contributed by atoms with Crippen LogP contribution in [-0.4, -0.2) is 38.9 Å². The number of benzene rings is 1. The lowest BCUT2D eigenvalue weighted by atomic mass is 10.1. The van der Waals surface area contributed by atoms with Crippen LogP contribution >= 0.6 is 0 Å². The summed E-state index contributed by atoms with van der Waals surface area (Å²) in [7, 11) is 0. The van der Waals surface area contributed by atoms with E-state index in [1.807, 2.05) is 0 Å². The number of carboxylic acids is 1. The standard InChI is InChI=1S/C14H20N2O5/c1-14(2,3)16-13(21)15-9(12(19)20)6-8-4-5-10(17)11(18)7-8/h4-5,7,9,17-18H,6H2,1-3H3,(H,19,20)(H2,15,16,21). The Morgan fingerprint density at radius 2 is 1.81 bits per heavy atom. The number of carbonyl (C=O) groups excluding carboxylic acids is 1. The van der Waals surface area contributed by atoms with Gasteiger partial charge in [0.1, 0.15) is 6.04 Å². The molecule has 0 aromatic heterocycles. The highest BCUT2D eigenvalue weighted by atomic mass is 16.4. The number of aliphatic carboxylic acids is 1. The molecule has 0 bridgehead atoms. The SMILES string of the molecule is CC(C)(C)NC(=O)NC(Cc1ccc(O)c(O)c1)C(=O)O. The van der Waals surface area contributed by atoms with Crippen LogP contribution in [0.5, 0.6) is 11.5 Å². The van der Waals surface area contributed by atoms with Gasteiger partial charge in [-0.3, -0.25) is 0 Å². The molecule has 0 saturated heterocycles. The van der Waals surface area contributed by atoms with Crippen molar-refractivity contribution < 1.29 is 24.9 Å². The normalized spacial score (nSPS) is 12.5. The van der Waals surface area contributed by atoms with Crippen LogP contribution in [0.4, 0.5) is 4.79 Å². The summed E-state index contributed by atoms with van der Waals surface area (Å²) in [5, 5.41) is 32.7. The zero-order chi connectivity index (χ0) is 16.2. The maximum atomic E-state index is 11.7. The monoisotopic (exact) mass is 296 g/mol. The lowest BCUT2D eigenvalue weighted by molar-refractivity contribution is -0.139. The molecule has 1 atom stereocenters. The number of carboxylic acid groups (broad SMARTS) is 1. The van der Waals surface area contributed by atoms with Gasteiger partial charge in [-0.25, -0.2) is 9.59 Å². The Morgan fingerprint density at radius 1 is 1.19 bits per heavy atom. The minimum absolute atomic E-state index is 0.0132. The van der Waals surface area contributed by atoms with E-state index in [0.717, 1.165) is 0 Å². The minimum atomic E-state index is -1.19. The van der Waals surface area contributed by atoms with Gasteiger partial charge in [0, 0.05) is 12.0 Å². The van der Waals surface area contributed by atoms with Crippen LogP contribution in [0.2, 0.25) is 0 Å². The van der Waals surface area contributed by atoms with Crippen molar-refractivity contribution in [1.29, 1.82) is 0 Å². The van der Waals surface area contributed by atoms with E-state index in [2.05, 4.69) is 10.6 Å². The molecule has 7 nitrogen and oxygen atoms in total.